The first-order chi connectivity index (χ1) is 12.6. The first kappa shape index (κ1) is 19.5. The molecule has 1 aromatic carbocycles. The van der Waals surface area contributed by atoms with Crippen molar-refractivity contribution in [3.63, 3.8) is 0 Å². The van der Waals surface area contributed by atoms with Crippen molar-refractivity contribution in [2.75, 3.05) is 0 Å². The van der Waals surface area contributed by atoms with Crippen molar-refractivity contribution in [1.29, 1.82) is 0 Å². The van der Waals surface area contributed by atoms with Gasteiger partial charge in [-0.1, -0.05) is 44.7 Å². The number of rotatable bonds is 6. The maximum atomic E-state index is 14.8. The molecule has 0 aliphatic heterocycles. The van der Waals surface area contributed by atoms with Crippen molar-refractivity contribution in [3.8, 4) is 0 Å². The lowest BCUT2D eigenvalue weighted by molar-refractivity contribution is -0.121. The third kappa shape index (κ3) is 4.02. The maximum Gasteiger partial charge on any atom is 0.162 e. The molecular weight excluding hydrogens is 330 g/mol. The van der Waals surface area contributed by atoms with E-state index in [0.29, 0.717) is 30.1 Å². The van der Waals surface area contributed by atoms with E-state index in [4.69, 9.17) is 0 Å². The van der Waals surface area contributed by atoms with Crippen LogP contribution in [0, 0.1) is 23.5 Å². The average molecular weight is 363 g/mol. The van der Waals surface area contributed by atoms with Gasteiger partial charge in [-0.3, -0.25) is 4.79 Å². The van der Waals surface area contributed by atoms with Gasteiger partial charge in [0, 0.05) is 18.3 Å². The molecule has 0 amide bonds. The van der Waals surface area contributed by atoms with Crippen LogP contribution in [0.5, 0.6) is 0 Å². The van der Waals surface area contributed by atoms with Crippen LogP contribution in [0.3, 0.4) is 0 Å². The van der Waals surface area contributed by atoms with Crippen molar-refractivity contribution in [2.45, 2.75) is 89.4 Å². The minimum atomic E-state index is -0.737. The van der Waals surface area contributed by atoms with Crippen molar-refractivity contribution in [1.82, 2.24) is 0 Å². The van der Waals surface area contributed by atoms with Crippen LogP contribution >= 0.6 is 0 Å². The van der Waals surface area contributed by atoms with Crippen molar-refractivity contribution < 1.29 is 13.6 Å². The molecule has 1 nitrogen and oxygen atoms in total. The third-order valence-corrected chi connectivity index (χ3v) is 7.03. The quantitative estimate of drug-likeness (QED) is 0.513. The van der Waals surface area contributed by atoms with Gasteiger partial charge in [0.05, 0.1) is 0 Å². The number of hydrogen-bond acceptors (Lipinski definition) is 1. The first-order valence-electron chi connectivity index (χ1n) is 10.5. The van der Waals surface area contributed by atoms with Gasteiger partial charge in [0.2, 0.25) is 0 Å². The highest BCUT2D eigenvalue weighted by atomic mass is 19.2. The number of carbonyl (C=O) groups excluding carboxylic acids is 1. The Balaban J connectivity index is 1.82. The Morgan fingerprint density at radius 3 is 2.38 bits per heavy atom. The molecule has 3 rings (SSSR count). The summed E-state index contributed by atoms with van der Waals surface area (Å²) in [6.45, 7) is 2.23. The average Bonchev–Trinajstić information content (AvgIpc) is 2.66. The summed E-state index contributed by atoms with van der Waals surface area (Å²) in [5, 5.41) is 0. The van der Waals surface area contributed by atoms with E-state index in [-0.39, 0.29) is 5.41 Å². The monoisotopic (exact) mass is 362 g/mol. The van der Waals surface area contributed by atoms with Crippen molar-refractivity contribution >= 4 is 5.78 Å². The largest absolute Gasteiger partial charge is 0.300 e. The van der Waals surface area contributed by atoms with Gasteiger partial charge in [0.15, 0.2) is 11.6 Å². The van der Waals surface area contributed by atoms with Crippen LogP contribution in [0.25, 0.3) is 0 Å². The van der Waals surface area contributed by atoms with Crippen LogP contribution in [-0.2, 0) is 10.2 Å². The highest BCUT2D eigenvalue weighted by Gasteiger charge is 2.45. The molecule has 0 bridgehead atoms. The Morgan fingerprint density at radius 2 is 1.73 bits per heavy atom. The summed E-state index contributed by atoms with van der Waals surface area (Å²) in [4.78, 5) is 11.7. The predicted octanol–water partition coefficient (Wildman–Crippen LogP) is 6.73. The molecule has 0 N–H and O–H groups in total. The van der Waals surface area contributed by atoms with Gasteiger partial charge in [-0.05, 0) is 62.0 Å². The van der Waals surface area contributed by atoms with Crippen LogP contribution in [0.1, 0.15) is 89.5 Å². The zero-order valence-electron chi connectivity index (χ0n) is 16.0. The number of unbranched alkanes of at least 4 members (excludes halogenated alkanes) is 2. The van der Waals surface area contributed by atoms with Gasteiger partial charge in [-0.2, -0.15) is 0 Å². The minimum Gasteiger partial charge on any atom is -0.300 e. The highest BCUT2D eigenvalue weighted by Crippen LogP contribution is 2.52. The second-order valence-corrected chi connectivity index (χ2v) is 8.51. The summed E-state index contributed by atoms with van der Waals surface area (Å²) in [6.07, 6.45) is 12.0. The summed E-state index contributed by atoms with van der Waals surface area (Å²) in [7, 11) is 0. The van der Waals surface area contributed by atoms with Crippen LogP contribution in [0.2, 0.25) is 0 Å². The fraction of sp³-hybridized carbons (Fsp3) is 0.696. The predicted molar refractivity (Wildman–Crippen MR) is 101 cm³/mol. The number of halogens is 2. The zero-order chi connectivity index (χ0) is 18.6. The van der Waals surface area contributed by atoms with Crippen molar-refractivity contribution in [2.24, 2.45) is 11.8 Å². The molecule has 26 heavy (non-hydrogen) atoms. The number of ketones is 1. The lowest BCUT2D eigenvalue weighted by atomic mass is 9.56. The molecule has 0 heterocycles. The van der Waals surface area contributed by atoms with E-state index in [1.807, 2.05) is 0 Å². The molecule has 3 heteroatoms. The van der Waals surface area contributed by atoms with Gasteiger partial charge in [0.25, 0.3) is 0 Å². The fourth-order valence-corrected chi connectivity index (χ4v) is 5.44. The van der Waals surface area contributed by atoms with Gasteiger partial charge >= 0.3 is 0 Å². The smallest absolute Gasteiger partial charge is 0.162 e. The molecule has 2 fully saturated rings. The minimum absolute atomic E-state index is 0.284. The molecule has 2 saturated carbocycles. The number of Topliss-reactive ketones (excluding diaryl/α,β-unsaturated/α-hetero) is 1. The summed E-state index contributed by atoms with van der Waals surface area (Å²) in [6, 6.07) is 4.66. The molecule has 0 spiro atoms. The third-order valence-electron chi connectivity index (χ3n) is 7.03. The standard InChI is InChI=1S/C23H32F2O/c1-2-3-4-6-17-13-15-23(16-14-17,18-9-11-19(26)12-10-18)20-7-5-8-21(24)22(20)25/h5,7-8,17-18H,2-4,6,9-16H2,1H3. The van der Waals surface area contributed by atoms with E-state index >= 15 is 0 Å². The Labute approximate surface area is 156 Å². The molecule has 2 aliphatic rings. The summed E-state index contributed by atoms with van der Waals surface area (Å²) >= 11 is 0. The molecule has 0 aromatic heterocycles. The molecular formula is C23H32F2O. The van der Waals surface area contributed by atoms with Gasteiger partial charge in [0.1, 0.15) is 5.78 Å². The normalized spacial score (nSPS) is 27.7. The topological polar surface area (TPSA) is 17.1 Å². The van der Waals surface area contributed by atoms with E-state index < -0.39 is 11.6 Å². The Bertz CT molecular complexity index is 607. The van der Waals surface area contributed by atoms with Gasteiger partial charge < -0.3 is 0 Å². The van der Waals surface area contributed by atoms with E-state index in [1.165, 1.54) is 31.7 Å². The second kappa shape index (κ2) is 8.63. The van der Waals surface area contributed by atoms with E-state index in [9.17, 15) is 13.6 Å². The molecule has 1 aromatic rings. The maximum absolute atomic E-state index is 14.8. The zero-order valence-corrected chi connectivity index (χ0v) is 16.0. The molecule has 0 atom stereocenters. The Morgan fingerprint density at radius 1 is 1.04 bits per heavy atom. The summed E-state index contributed by atoms with van der Waals surface area (Å²) in [5.74, 6) is -0.0540. The SMILES string of the molecule is CCCCCC1CCC(c2cccc(F)c2F)(C2CCC(=O)CC2)CC1. The van der Waals surface area contributed by atoms with Crippen LogP contribution in [0.4, 0.5) is 8.78 Å². The second-order valence-electron chi connectivity index (χ2n) is 8.51. The van der Waals surface area contributed by atoms with E-state index in [0.717, 1.165) is 44.4 Å². The fourth-order valence-electron chi connectivity index (χ4n) is 5.44. The van der Waals surface area contributed by atoms with E-state index in [1.54, 1.807) is 12.1 Å². The Hall–Kier alpha value is -1.25. The van der Waals surface area contributed by atoms with Crippen LogP contribution in [0.15, 0.2) is 18.2 Å². The van der Waals surface area contributed by atoms with E-state index in [2.05, 4.69) is 6.92 Å². The number of benzene rings is 1. The van der Waals surface area contributed by atoms with Crippen LogP contribution < -0.4 is 0 Å². The van der Waals surface area contributed by atoms with Gasteiger partial charge in [-0.15, -0.1) is 0 Å². The lowest BCUT2D eigenvalue weighted by Gasteiger charge is -2.47. The first-order valence-corrected chi connectivity index (χ1v) is 10.5. The molecule has 144 valence electrons. The molecule has 0 saturated heterocycles. The van der Waals surface area contributed by atoms with Crippen LogP contribution in [-0.4, -0.2) is 5.78 Å². The summed E-state index contributed by atoms with van der Waals surface area (Å²) in [5.41, 5.74) is 0.289. The number of hydrogen-bond donors (Lipinski definition) is 0. The lowest BCUT2D eigenvalue weighted by Crippen LogP contribution is -2.42. The molecule has 0 radical (unpaired) electrons. The highest BCUT2D eigenvalue weighted by molar-refractivity contribution is 5.79. The van der Waals surface area contributed by atoms with Gasteiger partial charge in [-0.25, -0.2) is 8.78 Å². The summed E-state index contributed by atoms with van der Waals surface area (Å²) < 4.78 is 28.8. The molecule has 2 aliphatic carbocycles. The van der Waals surface area contributed by atoms with Crippen molar-refractivity contribution in [3.05, 3.63) is 35.4 Å². The Kier molecular flexibility index (Phi) is 6.47. The number of carbonyl (C=O) groups is 1. The molecule has 0 unspecified atom stereocenters.